The lowest BCUT2D eigenvalue weighted by Crippen LogP contribution is -2.36. The summed E-state index contributed by atoms with van der Waals surface area (Å²) in [5.41, 5.74) is 0.512. The van der Waals surface area contributed by atoms with Crippen LogP contribution in [0.4, 0.5) is 8.78 Å². The first-order chi connectivity index (χ1) is 11.9. The summed E-state index contributed by atoms with van der Waals surface area (Å²) in [5, 5.41) is 11.9. The Morgan fingerprint density at radius 3 is 2.36 bits per heavy atom. The summed E-state index contributed by atoms with van der Waals surface area (Å²) < 4.78 is 29.7. The van der Waals surface area contributed by atoms with E-state index in [1.807, 2.05) is 6.92 Å². The second-order valence-corrected chi connectivity index (χ2v) is 6.27. The zero-order valence-corrected chi connectivity index (χ0v) is 14.1. The van der Waals surface area contributed by atoms with E-state index in [9.17, 15) is 18.4 Å². The average molecular weight is 355 g/mol. The molecule has 1 unspecified atom stereocenters. The van der Waals surface area contributed by atoms with Crippen molar-refractivity contribution in [3.05, 3.63) is 29.8 Å². The third kappa shape index (κ3) is 5.14. The second-order valence-electron chi connectivity index (χ2n) is 6.27. The van der Waals surface area contributed by atoms with Gasteiger partial charge in [-0.05, 0) is 38.2 Å². The fourth-order valence-corrected chi connectivity index (χ4v) is 3.26. The predicted octanol–water partition coefficient (Wildman–Crippen LogP) is 3.75. The number of ether oxygens (including phenoxy) is 1. The van der Waals surface area contributed by atoms with E-state index < -0.39 is 18.6 Å². The van der Waals surface area contributed by atoms with Crippen LogP contribution in [0.2, 0.25) is 0 Å². The van der Waals surface area contributed by atoms with Gasteiger partial charge in [-0.3, -0.25) is 9.59 Å². The number of carboxylic acid groups (broad SMARTS) is 1. The number of hydrogen-bond donors (Lipinski definition) is 2. The molecule has 1 amide bonds. The second kappa shape index (κ2) is 8.78. The highest BCUT2D eigenvalue weighted by Gasteiger charge is 2.31. The molecule has 1 aromatic carbocycles. The van der Waals surface area contributed by atoms with Gasteiger partial charge in [-0.1, -0.05) is 25.1 Å². The molecule has 0 saturated heterocycles. The summed E-state index contributed by atoms with van der Waals surface area (Å²) in [6.45, 7) is -1.08. The van der Waals surface area contributed by atoms with E-state index in [1.54, 1.807) is 18.2 Å². The number of amides is 1. The minimum Gasteiger partial charge on any atom is -0.481 e. The summed E-state index contributed by atoms with van der Waals surface area (Å²) in [4.78, 5) is 23.5. The van der Waals surface area contributed by atoms with Gasteiger partial charge in [0.05, 0.1) is 12.0 Å². The number of nitrogens with one attached hydrogen (secondary N) is 1. The van der Waals surface area contributed by atoms with E-state index in [0.29, 0.717) is 37.7 Å². The Balaban J connectivity index is 2.03. The van der Waals surface area contributed by atoms with E-state index >= 15 is 0 Å². The SMILES string of the molecule is CCC(NC(=O)C1CCC(C(=O)O)CC1)c1ccccc1OC(F)F. The Labute approximate surface area is 145 Å². The Morgan fingerprint density at radius 2 is 1.80 bits per heavy atom. The molecular weight excluding hydrogens is 332 g/mol. The van der Waals surface area contributed by atoms with Crippen molar-refractivity contribution in [2.75, 3.05) is 0 Å². The first-order valence-corrected chi connectivity index (χ1v) is 8.49. The lowest BCUT2D eigenvalue weighted by Gasteiger charge is -2.28. The van der Waals surface area contributed by atoms with Crippen LogP contribution in [0.25, 0.3) is 0 Å². The summed E-state index contributed by atoms with van der Waals surface area (Å²) in [6, 6.07) is 5.99. The van der Waals surface area contributed by atoms with Crippen molar-refractivity contribution >= 4 is 11.9 Å². The molecule has 2 rings (SSSR count). The maximum Gasteiger partial charge on any atom is 0.387 e. The van der Waals surface area contributed by atoms with Crippen LogP contribution in [-0.4, -0.2) is 23.6 Å². The number of rotatable bonds is 7. The number of hydrogen-bond acceptors (Lipinski definition) is 3. The van der Waals surface area contributed by atoms with Gasteiger partial charge in [-0.25, -0.2) is 0 Å². The van der Waals surface area contributed by atoms with Crippen LogP contribution in [-0.2, 0) is 9.59 Å². The monoisotopic (exact) mass is 355 g/mol. The molecule has 0 aliphatic heterocycles. The molecule has 2 N–H and O–H groups in total. The van der Waals surface area contributed by atoms with Crippen molar-refractivity contribution in [1.82, 2.24) is 5.32 Å². The fourth-order valence-electron chi connectivity index (χ4n) is 3.26. The molecule has 25 heavy (non-hydrogen) atoms. The standard InChI is InChI=1S/C18H23F2NO4/c1-2-14(13-5-3-4-6-15(13)25-18(19)20)21-16(22)11-7-9-12(10-8-11)17(23)24/h3-6,11-12,14,18H,2,7-10H2,1H3,(H,21,22)(H,23,24). The van der Waals surface area contributed by atoms with Crippen LogP contribution in [0, 0.1) is 11.8 Å². The van der Waals surface area contributed by atoms with E-state index in [0.717, 1.165) is 0 Å². The maximum absolute atomic E-state index is 12.6. The maximum atomic E-state index is 12.6. The highest BCUT2D eigenvalue weighted by Crippen LogP contribution is 2.32. The molecule has 0 bridgehead atoms. The number of halogens is 2. The minimum atomic E-state index is -2.93. The van der Waals surface area contributed by atoms with Crippen molar-refractivity contribution in [1.29, 1.82) is 0 Å². The highest BCUT2D eigenvalue weighted by molar-refractivity contribution is 5.80. The molecular formula is C18H23F2NO4. The molecule has 0 aromatic heterocycles. The van der Waals surface area contributed by atoms with E-state index in [2.05, 4.69) is 10.1 Å². The summed E-state index contributed by atoms with van der Waals surface area (Å²) in [7, 11) is 0. The van der Waals surface area contributed by atoms with Crippen LogP contribution in [0.1, 0.15) is 50.6 Å². The van der Waals surface area contributed by atoms with E-state index in [1.165, 1.54) is 6.07 Å². The highest BCUT2D eigenvalue weighted by atomic mass is 19.3. The third-order valence-corrected chi connectivity index (χ3v) is 4.68. The van der Waals surface area contributed by atoms with Gasteiger partial charge in [-0.15, -0.1) is 0 Å². The quantitative estimate of drug-likeness (QED) is 0.781. The topological polar surface area (TPSA) is 75.6 Å². The van der Waals surface area contributed by atoms with Crippen LogP contribution in [0.15, 0.2) is 24.3 Å². The lowest BCUT2D eigenvalue weighted by molar-refractivity contribution is -0.144. The van der Waals surface area contributed by atoms with Gasteiger partial charge in [0, 0.05) is 11.5 Å². The molecule has 138 valence electrons. The van der Waals surface area contributed by atoms with Gasteiger partial charge in [0.1, 0.15) is 5.75 Å². The number of carbonyl (C=O) groups is 2. The van der Waals surface area contributed by atoms with Crippen molar-refractivity contribution in [3.63, 3.8) is 0 Å². The molecule has 1 aromatic rings. The van der Waals surface area contributed by atoms with Crippen LogP contribution >= 0.6 is 0 Å². The summed E-state index contributed by atoms with van der Waals surface area (Å²) in [5.74, 6) is -1.55. The summed E-state index contributed by atoms with van der Waals surface area (Å²) >= 11 is 0. The third-order valence-electron chi connectivity index (χ3n) is 4.68. The molecule has 0 spiro atoms. The molecule has 1 atom stereocenters. The van der Waals surface area contributed by atoms with Crippen molar-refractivity contribution in [2.24, 2.45) is 11.8 Å². The Morgan fingerprint density at radius 1 is 1.20 bits per heavy atom. The Bertz CT molecular complexity index is 600. The number of alkyl halides is 2. The molecule has 1 saturated carbocycles. The molecule has 1 fully saturated rings. The van der Waals surface area contributed by atoms with Gasteiger partial charge in [0.15, 0.2) is 0 Å². The first kappa shape index (κ1) is 19.1. The van der Waals surface area contributed by atoms with Gasteiger partial charge >= 0.3 is 12.6 Å². The zero-order chi connectivity index (χ0) is 18.4. The average Bonchev–Trinajstić information content (AvgIpc) is 2.59. The number of aliphatic carboxylic acids is 1. The van der Waals surface area contributed by atoms with Crippen LogP contribution in [0.3, 0.4) is 0 Å². The number of carboxylic acids is 1. The van der Waals surface area contributed by atoms with Gasteiger partial charge in [0.2, 0.25) is 5.91 Å². The lowest BCUT2D eigenvalue weighted by atomic mass is 9.81. The van der Waals surface area contributed by atoms with Crippen LogP contribution in [0.5, 0.6) is 5.75 Å². The molecule has 1 aliphatic rings. The smallest absolute Gasteiger partial charge is 0.387 e. The Kier molecular flexibility index (Phi) is 6.73. The molecule has 5 nitrogen and oxygen atoms in total. The number of benzene rings is 1. The number of para-hydroxylation sites is 1. The Hall–Kier alpha value is -2.18. The predicted molar refractivity (Wildman–Crippen MR) is 87.3 cm³/mol. The van der Waals surface area contributed by atoms with Crippen molar-refractivity contribution < 1.29 is 28.2 Å². The minimum absolute atomic E-state index is 0.0548. The van der Waals surface area contributed by atoms with E-state index in [4.69, 9.17) is 5.11 Å². The fraction of sp³-hybridized carbons (Fsp3) is 0.556. The largest absolute Gasteiger partial charge is 0.481 e. The van der Waals surface area contributed by atoms with Crippen LogP contribution < -0.4 is 10.1 Å². The molecule has 0 heterocycles. The van der Waals surface area contributed by atoms with Gasteiger partial charge in [-0.2, -0.15) is 8.78 Å². The normalized spacial score (nSPS) is 21.6. The zero-order valence-electron chi connectivity index (χ0n) is 14.1. The first-order valence-electron chi connectivity index (χ1n) is 8.49. The number of carbonyl (C=O) groups excluding carboxylic acids is 1. The van der Waals surface area contributed by atoms with Crippen molar-refractivity contribution in [2.45, 2.75) is 51.7 Å². The van der Waals surface area contributed by atoms with Gasteiger partial charge < -0.3 is 15.2 Å². The van der Waals surface area contributed by atoms with Crippen molar-refractivity contribution in [3.8, 4) is 5.75 Å². The molecule has 0 radical (unpaired) electrons. The summed E-state index contributed by atoms with van der Waals surface area (Å²) in [6.07, 6.45) is 2.53. The molecule has 7 heteroatoms. The van der Waals surface area contributed by atoms with E-state index in [-0.39, 0.29) is 23.5 Å². The van der Waals surface area contributed by atoms with Gasteiger partial charge in [0.25, 0.3) is 0 Å². The molecule has 1 aliphatic carbocycles.